The SMILES string of the molecule is CCn1cnnc1CNc1ccccc1. The molecule has 2 aromatic rings. The molecule has 1 N–H and O–H groups in total. The van der Waals surface area contributed by atoms with Gasteiger partial charge in [-0.1, -0.05) is 18.2 Å². The lowest BCUT2D eigenvalue weighted by Gasteiger charge is -2.06. The molecule has 0 saturated heterocycles. The molecule has 0 atom stereocenters. The number of hydrogen-bond donors (Lipinski definition) is 1. The van der Waals surface area contributed by atoms with E-state index < -0.39 is 0 Å². The zero-order valence-electron chi connectivity index (χ0n) is 8.72. The van der Waals surface area contributed by atoms with Crippen molar-refractivity contribution in [1.82, 2.24) is 14.8 Å². The number of anilines is 1. The number of hydrogen-bond acceptors (Lipinski definition) is 3. The average Bonchev–Trinajstić information content (AvgIpc) is 2.75. The molecule has 0 amide bonds. The summed E-state index contributed by atoms with van der Waals surface area (Å²) in [5.74, 6) is 0.960. The third-order valence-electron chi connectivity index (χ3n) is 2.26. The highest BCUT2D eigenvalue weighted by atomic mass is 15.3. The molecule has 4 heteroatoms. The molecule has 0 radical (unpaired) electrons. The number of nitrogens with one attached hydrogen (secondary N) is 1. The Balaban J connectivity index is 1.99. The van der Waals surface area contributed by atoms with Crippen LogP contribution in [0.15, 0.2) is 36.7 Å². The second kappa shape index (κ2) is 4.59. The van der Waals surface area contributed by atoms with E-state index in [2.05, 4.69) is 22.4 Å². The minimum atomic E-state index is 0.706. The zero-order valence-corrected chi connectivity index (χ0v) is 8.72. The maximum Gasteiger partial charge on any atom is 0.152 e. The Kier molecular flexibility index (Phi) is 2.97. The van der Waals surface area contributed by atoms with Gasteiger partial charge in [0.15, 0.2) is 5.82 Å². The number of benzene rings is 1. The van der Waals surface area contributed by atoms with Gasteiger partial charge in [0.05, 0.1) is 6.54 Å². The summed E-state index contributed by atoms with van der Waals surface area (Å²) in [6.07, 6.45) is 1.75. The Labute approximate surface area is 89.0 Å². The van der Waals surface area contributed by atoms with Crippen molar-refractivity contribution in [3.05, 3.63) is 42.5 Å². The lowest BCUT2D eigenvalue weighted by Crippen LogP contribution is -2.07. The van der Waals surface area contributed by atoms with Crippen LogP contribution >= 0.6 is 0 Å². The topological polar surface area (TPSA) is 42.7 Å². The van der Waals surface area contributed by atoms with Crippen LogP contribution in [0.5, 0.6) is 0 Å². The fourth-order valence-corrected chi connectivity index (χ4v) is 1.42. The van der Waals surface area contributed by atoms with Crippen LogP contribution in [-0.2, 0) is 13.1 Å². The number of rotatable bonds is 4. The van der Waals surface area contributed by atoms with E-state index in [0.29, 0.717) is 6.54 Å². The monoisotopic (exact) mass is 202 g/mol. The molecular formula is C11H14N4. The second-order valence-corrected chi connectivity index (χ2v) is 3.25. The fourth-order valence-electron chi connectivity index (χ4n) is 1.42. The summed E-state index contributed by atoms with van der Waals surface area (Å²) in [5, 5.41) is 11.2. The molecule has 0 spiro atoms. The highest BCUT2D eigenvalue weighted by Crippen LogP contribution is 2.06. The van der Waals surface area contributed by atoms with Crippen molar-refractivity contribution < 1.29 is 0 Å². The van der Waals surface area contributed by atoms with Crippen molar-refractivity contribution in [3.63, 3.8) is 0 Å². The Morgan fingerprint density at radius 3 is 2.80 bits per heavy atom. The predicted molar refractivity (Wildman–Crippen MR) is 59.5 cm³/mol. The summed E-state index contributed by atoms with van der Waals surface area (Å²) in [5.41, 5.74) is 1.10. The van der Waals surface area contributed by atoms with Gasteiger partial charge in [0, 0.05) is 12.2 Å². The first kappa shape index (κ1) is 9.71. The first-order chi connectivity index (χ1) is 7.40. The van der Waals surface area contributed by atoms with Crippen molar-refractivity contribution >= 4 is 5.69 Å². The van der Waals surface area contributed by atoms with Crippen molar-refractivity contribution in [2.75, 3.05) is 5.32 Å². The molecule has 0 aliphatic heterocycles. The number of para-hydroxylation sites is 1. The van der Waals surface area contributed by atoms with Crippen molar-refractivity contribution in [2.24, 2.45) is 0 Å². The van der Waals surface area contributed by atoms with E-state index in [1.54, 1.807) is 6.33 Å². The van der Waals surface area contributed by atoms with E-state index in [1.165, 1.54) is 0 Å². The Morgan fingerprint density at radius 1 is 1.27 bits per heavy atom. The Hall–Kier alpha value is -1.84. The van der Waals surface area contributed by atoms with Gasteiger partial charge < -0.3 is 9.88 Å². The van der Waals surface area contributed by atoms with Gasteiger partial charge in [0.1, 0.15) is 6.33 Å². The van der Waals surface area contributed by atoms with Crippen LogP contribution in [0, 0.1) is 0 Å². The first-order valence-corrected chi connectivity index (χ1v) is 5.05. The number of nitrogens with zero attached hydrogens (tertiary/aromatic N) is 3. The van der Waals surface area contributed by atoms with Gasteiger partial charge in [-0.3, -0.25) is 0 Å². The second-order valence-electron chi connectivity index (χ2n) is 3.25. The van der Waals surface area contributed by atoms with E-state index >= 15 is 0 Å². The van der Waals surface area contributed by atoms with Gasteiger partial charge in [-0.05, 0) is 19.1 Å². The molecule has 1 aromatic heterocycles. The van der Waals surface area contributed by atoms with E-state index in [1.807, 2.05) is 34.9 Å². The maximum atomic E-state index is 4.05. The summed E-state index contributed by atoms with van der Waals surface area (Å²) in [6, 6.07) is 10.1. The van der Waals surface area contributed by atoms with Crippen LogP contribution in [0.3, 0.4) is 0 Å². The molecular weight excluding hydrogens is 188 g/mol. The molecule has 0 fully saturated rings. The van der Waals surface area contributed by atoms with Gasteiger partial charge >= 0.3 is 0 Å². The quantitative estimate of drug-likeness (QED) is 0.823. The molecule has 15 heavy (non-hydrogen) atoms. The summed E-state index contributed by atoms with van der Waals surface area (Å²) in [7, 11) is 0. The highest BCUT2D eigenvalue weighted by Gasteiger charge is 2.01. The largest absolute Gasteiger partial charge is 0.378 e. The van der Waals surface area contributed by atoms with E-state index in [4.69, 9.17) is 0 Å². The summed E-state index contributed by atoms with van der Waals surface area (Å²) >= 11 is 0. The third kappa shape index (κ3) is 2.34. The maximum absolute atomic E-state index is 4.05. The Morgan fingerprint density at radius 2 is 2.07 bits per heavy atom. The molecule has 78 valence electrons. The fraction of sp³-hybridized carbons (Fsp3) is 0.273. The number of aryl methyl sites for hydroxylation is 1. The van der Waals surface area contributed by atoms with Crippen LogP contribution in [0.4, 0.5) is 5.69 Å². The van der Waals surface area contributed by atoms with Crippen LogP contribution in [0.2, 0.25) is 0 Å². The predicted octanol–water partition coefficient (Wildman–Crippen LogP) is 1.91. The molecule has 0 aliphatic rings. The van der Waals surface area contributed by atoms with Crippen LogP contribution in [-0.4, -0.2) is 14.8 Å². The van der Waals surface area contributed by atoms with Gasteiger partial charge in [0.25, 0.3) is 0 Å². The van der Waals surface area contributed by atoms with Crippen LogP contribution in [0.25, 0.3) is 0 Å². The molecule has 0 aliphatic carbocycles. The molecule has 4 nitrogen and oxygen atoms in total. The molecule has 1 aromatic carbocycles. The summed E-state index contributed by atoms with van der Waals surface area (Å²) in [4.78, 5) is 0. The summed E-state index contributed by atoms with van der Waals surface area (Å²) < 4.78 is 2.02. The lowest BCUT2D eigenvalue weighted by atomic mass is 10.3. The smallest absolute Gasteiger partial charge is 0.152 e. The van der Waals surface area contributed by atoms with Gasteiger partial charge in [-0.2, -0.15) is 0 Å². The van der Waals surface area contributed by atoms with E-state index in [9.17, 15) is 0 Å². The van der Waals surface area contributed by atoms with Gasteiger partial charge in [-0.15, -0.1) is 10.2 Å². The van der Waals surface area contributed by atoms with Crippen LogP contribution < -0.4 is 5.32 Å². The molecule has 1 heterocycles. The molecule has 0 unspecified atom stereocenters. The van der Waals surface area contributed by atoms with Crippen molar-refractivity contribution in [2.45, 2.75) is 20.0 Å². The zero-order chi connectivity index (χ0) is 10.5. The van der Waals surface area contributed by atoms with Gasteiger partial charge in [0.2, 0.25) is 0 Å². The molecule has 2 rings (SSSR count). The highest BCUT2D eigenvalue weighted by molar-refractivity contribution is 5.42. The van der Waals surface area contributed by atoms with Crippen LogP contribution in [0.1, 0.15) is 12.7 Å². The molecule has 0 bridgehead atoms. The summed E-state index contributed by atoms with van der Waals surface area (Å²) in [6.45, 7) is 3.69. The standard InChI is InChI=1S/C11H14N4/c1-2-15-9-13-14-11(15)8-12-10-6-4-3-5-7-10/h3-7,9,12H,2,8H2,1H3. The van der Waals surface area contributed by atoms with E-state index in [0.717, 1.165) is 18.1 Å². The lowest BCUT2D eigenvalue weighted by molar-refractivity contribution is 0.708. The normalized spacial score (nSPS) is 10.2. The van der Waals surface area contributed by atoms with E-state index in [-0.39, 0.29) is 0 Å². The third-order valence-corrected chi connectivity index (χ3v) is 2.26. The van der Waals surface area contributed by atoms with Gasteiger partial charge in [-0.25, -0.2) is 0 Å². The first-order valence-electron chi connectivity index (χ1n) is 5.05. The minimum Gasteiger partial charge on any atom is -0.378 e. The average molecular weight is 202 g/mol. The molecule has 0 saturated carbocycles. The number of aromatic nitrogens is 3. The van der Waals surface area contributed by atoms with Crippen molar-refractivity contribution in [1.29, 1.82) is 0 Å². The minimum absolute atomic E-state index is 0.706. The van der Waals surface area contributed by atoms with Crippen molar-refractivity contribution in [3.8, 4) is 0 Å². The Bertz CT molecular complexity index is 408.